The molecule has 0 amide bonds. The summed E-state index contributed by atoms with van der Waals surface area (Å²) in [5.74, 6) is 0. The van der Waals surface area contributed by atoms with Crippen molar-refractivity contribution in [3.63, 3.8) is 0 Å². The lowest BCUT2D eigenvalue weighted by molar-refractivity contribution is -0.908. The molecule has 0 bridgehead atoms. The van der Waals surface area contributed by atoms with Gasteiger partial charge in [-0.25, -0.2) is 0 Å². The summed E-state index contributed by atoms with van der Waals surface area (Å²) < 4.78 is 7.67. The van der Waals surface area contributed by atoms with Crippen LogP contribution >= 0.6 is 12.2 Å². The standard InChI is InChI=1S/C19H32N4OS/c1-21-10-5-8-17(21)18-7-3-2-4-12-23(18)19(25)20-9-6-11-22-13-15-24-16-14-22/h5,8,10,18H,2-4,6-7,9,11-16H2,1H3,(H,20,25)/p+1/t18-/m1/s1. The minimum absolute atomic E-state index is 0.410. The van der Waals surface area contributed by atoms with E-state index in [1.54, 1.807) is 4.90 Å². The van der Waals surface area contributed by atoms with Gasteiger partial charge in [-0.15, -0.1) is 0 Å². The Morgan fingerprint density at radius 2 is 2.16 bits per heavy atom. The third kappa shape index (κ3) is 5.19. The van der Waals surface area contributed by atoms with E-state index in [2.05, 4.69) is 40.2 Å². The lowest BCUT2D eigenvalue weighted by Gasteiger charge is -2.33. The number of thiocarbonyl (C=S) groups is 1. The van der Waals surface area contributed by atoms with Crippen LogP contribution in [0.3, 0.4) is 0 Å². The zero-order valence-electron chi connectivity index (χ0n) is 15.5. The van der Waals surface area contributed by atoms with Gasteiger partial charge >= 0.3 is 0 Å². The average molecular weight is 366 g/mol. The summed E-state index contributed by atoms with van der Waals surface area (Å²) in [5.41, 5.74) is 1.38. The van der Waals surface area contributed by atoms with Crippen LogP contribution in [0.25, 0.3) is 0 Å². The normalized spacial score (nSPS) is 22.6. The maximum absolute atomic E-state index is 5.78. The van der Waals surface area contributed by atoms with Crippen LogP contribution in [0.4, 0.5) is 0 Å². The van der Waals surface area contributed by atoms with Gasteiger partial charge in [-0.1, -0.05) is 12.8 Å². The molecule has 0 saturated carbocycles. The van der Waals surface area contributed by atoms with Crippen molar-refractivity contribution in [2.75, 3.05) is 45.9 Å². The van der Waals surface area contributed by atoms with Crippen LogP contribution in [0, 0.1) is 0 Å². The highest BCUT2D eigenvalue weighted by atomic mass is 32.1. The van der Waals surface area contributed by atoms with Crippen LogP contribution < -0.4 is 10.2 Å². The molecule has 140 valence electrons. The second-order valence-corrected chi connectivity index (χ2v) is 7.69. The van der Waals surface area contributed by atoms with Crippen molar-refractivity contribution >= 4 is 17.3 Å². The molecule has 6 heteroatoms. The Bertz CT molecular complexity index is 541. The van der Waals surface area contributed by atoms with Crippen molar-refractivity contribution in [3.8, 4) is 0 Å². The molecule has 0 unspecified atom stereocenters. The number of nitrogens with zero attached hydrogens (tertiary/aromatic N) is 2. The fourth-order valence-corrected chi connectivity index (χ4v) is 4.35. The number of aromatic nitrogens is 1. The van der Waals surface area contributed by atoms with E-state index in [0.717, 1.165) is 50.9 Å². The van der Waals surface area contributed by atoms with Crippen molar-refractivity contribution in [2.45, 2.75) is 38.1 Å². The quantitative estimate of drug-likeness (QED) is 0.605. The Kier molecular flexibility index (Phi) is 7.13. The fourth-order valence-electron chi connectivity index (χ4n) is 4.02. The maximum atomic E-state index is 5.78. The zero-order valence-corrected chi connectivity index (χ0v) is 16.3. The first kappa shape index (κ1) is 18.7. The summed E-state index contributed by atoms with van der Waals surface area (Å²) in [5, 5.41) is 4.47. The Morgan fingerprint density at radius 3 is 2.92 bits per heavy atom. The van der Waals surface area contributed by atoms with E-state index in [9.17, 15) is 0 Å². The highest BCUT2D eigenvalue weighted by Gasteiger charge is 2.26. The molecule has 25 heavy (non-hydrogen) atoms. The molecular weight excluding hydrogens is 332 g/mol. The molecule has 0 aliphatic carbocycles. The number of quaternary nitrogens is 1. The number of rotatable bonds is 5. The molecule has 0 radical (unpaired) electrons. The van der Waals surface area contributed by atoms with E-state index in [-0.39, 0.29) is 0 Å². The number of hydrogen-bond acceptors (Lipinski definition) is 2. The number of nitrogens with one attached hydrogen (secondary N) is 2. The van der Waals surface area contributed by atoms with E-state index in [4.69, 9.17) is 17.0 Å². The van der Waals surface area contributed by atoms with E-state index in [1.807, 2.05) is 0 Å². The minimum Gasteiger partial charge on any atom is -0.370 e. The number of likely N-dealkylation sites (tertiary alicyclic amines) is 1. The second kappa shape index (κ2) is 9.55. The smallest absolute Gasteiger partial charge is 0.169 e. The van der Waals surface area contributed by atoms with Gasteiger partial charge in [0.1, 0.15) is 13.1 Å². The van der Waals surface area contributed by atoms with Gasteiger partial charge in [0.25, 0.3) is 0 Å². The first-order valence-electron chi connectivity index (χ1n) is 9.83. The molecule has 0 spiro atoms. The summed E-state index contributed by atoms with van der Waals surface area (Å²) in [6, 6.07) is 4.79. The molecule has 3 heterocycles. The lowest BCUT2D eigenvalue weighted by atomic mass is 10.1. The molecule has 1 aromatic rings. The molecular formula is C19H33N4OS+. The molecule has 1 atom stereocenters. The molecule has 2 N–H and O–H groups in total. The highest BCUT2D eigenvalue weighted by molar-refractivity contribution is 7.80. The summed E-state index contributed by atoms with van der Waals surface area (Å²) in [7, 11) is 2.14. The van der Waals surface area contributed by atoms with Crippen LogP contribution in [0.2, 0.25) is 0 Å². The highest BCUT2D eigenvalue weighted by Crippen LogP contribution is 2.30. The van der Waals surface area contributed by atoms with Crippen molar-refractivity contribution in [3.05, 3.63) is 24.0 Å². The second-order valence-electron chi connectivity index (χ2n) is 7.30. The number of hydrogen-bond donors (Lipinski definition) is 2. The van der Waals surface area contributed by atoms with Gasteiger partial charge in [-0.3, -0.25) is 0 Å². The van der Waals surface area contributed by atoms with Crippen LogP contribution in [0.15, 0.2) is 18.3 Å². The third-order valence-corrected chi connectivity index (χ3v) is 5.90. The van der Waals surface area contributed by atoms with E-state index in [1.165, 1.54) is 37.9 Å². The Balaban J connectivity index is 1.50. The van der Waals surface area contributed by atoms with Gasteiger partial charge in [0, 0.05) is 38.4 Å². The largest absolute Gasteiger partial charge is 0.370 e. The molecule has 1 aromatic heterocycles. The predicted octanol–water partition coefficient (Wildman–Crippen LogP) is 1.12. The van der Waals surface area contributed by atoms with Gasteiger partial charge in [-0.2, -0.15) is 0 Å². The Morgan fingerprint density at radius 1 is 1.32 bits per heavy atom. The lowest BCUT2D eigenvalue weighted by Crippen LogP contribution is -3.14. The van der Waals surface area contributed by atoms with Gasteiger partial charge < -0.3 is 24.4 Å². The van der Waals surface area contributed by atoms with Gasteiger partial charge in [0.05, 0.1) is 25.8 Å². The van der Waals surface area contributed by atoms with Crippen LogP contribution in [0.1, 0.15) is 43.8 Å². The summed E-state index contributed by atoms with van der Waals surface area (Å²) >= 11 is 5.78. The molecule has 2 aliphatic rings. The molecule has 3 rings (SSSR count). The summed E-state index contributed by atoms with van der Waals surface area (Å²) in [4.78, 5) is 4.09. The van der Waals surface area contributed by atoms with Crippen molar-refractivity contribution in [1.82, 2.24) is 14.8 Å². The van der Waals surface area contributed by atoms with Gasteiger partial charge in [0.15, 0.2) is 5.11 Å². The average Bonchev–Trinajstić information content (AvgIpc) is 2.91. The van der Waals surface area contributed by atoms with Gasteiger partial charge in [-0.05, 0) is 37.2 Å². The van der Waals surface area contributed by atoms with Crippen LogP contribution in [-0.2, 0) is 11.8 Å². The number of morpholine rings is 1. The zero-order chi connectivity index (χ0) is 17.5. The number of ether oxygens (including phenoxy) is 1. The topological polar surface area (TPSA) is 33.9 Å². The maximum Gasteiger partial charge on any atom is 0.169 e. The molecule has 2 saturated heterocycles. The Hall–Kier alpha value is -1.11. The molecule has 0 aromatic carbocycles. The number of aryl methyl sites for hydroxylation is 1. The van der Waals surface area contributed by atoms with E-state index >= 15 is 0 Å². The first-order chi connectivity index (χ1) is 12.3. The van der Waals surface area contributed by atoms with Crippen molar-refractivity contribution in [1.29, 1.82) is 0 Å². The summed E-state index contributed by atoms with van der Waals surface area (Å²) in [6.07, 6.45) is 8.33. The van der Waals surface area contributed by atoms with Gasteiger partial charge in [0.2, 0.25) is 0 Å². The monoisotopic (exact) mass is 365 g/mol. The van der Waals surface area contributed by atoms with Crippen molar-refractivity contribution in [2.24, 2.45) is 7.05 Å². The third-order valence-electron chi connectivity index (χ3n) is 5.52. The molecule has 5 nitrogen and oxygen atoms in total. The SMILES string of the molecule is Cn1cccc1[C@H]1CCCCCN1C(=S)NCCC[NH+]1CCOCC1. The van der Waals surface area contributed by atoms with E-state index in [0.29, 0.717) is 6.04 Å². The molecule has 2 aliphatic heterocycles. The Labute approximate surface area is 157 Å². The van der Waals surface area contributed by atoms with Crippen molar-refractivity contribution < 1.29 is 9.64 Å². The van der Waals surface area contributed by atoms with Crippen LogP contribution in [-0.4, -0.2) is 60.5 Å². The van der Waals surface area contributed by atoms with E-state index < -0.39 is 0 Å². The van der Waals surface area contributed by atoms with Crippen LogP contribution in [0.5, 0.6) is 0 Å². The predicted molar refractivity (Wildman–Crippen MR) is 105 cm³/mol. The first-order valence-corrected chi connectivity index (χ1v) is 10.2. The minimum atomic E-state index is 0.410. The fraction of sp³-hybridized carbons (Fsp3) is 0.737. The molecule has 2 fully saturated rings. The summed E-state index contributed by atoms with van der Waals surface area (Å²) in [6.45, 7) is 7.36.